The number of ether oxygens (including phenoxy) is 1. The van der Waals surface area contributed by atoms with Gasteiger partial charge in [0.1, 0.15) is 6.10 Å². The standard InChI is InChI=1S/C8H12F3NO4S/c9-8(10,11)17(14,15)12-6-3-1-2-4-7(6)16-5-13/h5-7,12H,1-4H2. The maximum absolute atomic E-state index is 12.1. The average molecular weight is 275 g/mol. The molecule has 2 unspecified atom stereocenters. The van der Waals surface area contributed by atoms with Crippen molar-refractivity contribution in [1.82, 2.24) is 4.72 Å². The molecule has 1 fully saturated rings. The predicted molar refractivity (Wildman–Crippen MR) is 51.3 cm³/mol. The van der Waals surface area contributed by atoms with E-state index in [2.05, 4.69) is 4.74 Å². The minimum atomic E-state index is -5.39. The summed E-state index contributed by atoms with van der Waals surface area (Å²) in [4.78, 5) is 10.2. The van der Waals surface area contributed by atoms with Crippen LogP contribution < -0.4 is 4.72 Å². The maximum Gasteiger partial charge on any atom is 0.511 e. The Morgan fingerprint density at radius 1 is 1.24 bits per heavy atom. The Labute approximate surface area is 96.4 Å². The van der Waals surface area contributed by atoms with Crippen LogP contribution in [0.15, 0.2) is 0 Å². The molecule has 0 aromatic rings. The maximum atomic E-state index is 12.1. The normalized spacial score (nSPS) is 26.5. The topological polar surface area (TPSA) is 72.5 Å². The van der Waals surface area contributed by atoms with Crippen LogP contribution in [0.5, 0.6) is 0 Å². The summed E-state index contributed by atoms with van der Waals surface area (Å²) in [5.41, 5.74) is -5.35. The first-order valence-corrected chi connectivity index (χ1v) is 6.44. The highest BCUT2D eigenvalue weighted by molar-refractivity contribution is 7.90. The summed E-state index contributed by atoms with van der Waals surface area (Å²) in [5.74, 6) is 0. The van der Waals surface area contributed by atoms with E-state index in [0.717, 1.165) is 0 Å². The zero-order chi connectivity index (χ0) is 13.1. The number of rotatable bonds is 4. The Morgan fingerprint density at radius 2 is 1.82 bits per heavy atom. The second-order valence-corrected chi connectivity index (χ2v) is 5.43. The molecule has 0 aromatic heterocycles. The molecule has 1 N–H and O–H groups in total. The zero-order valence-corrected chi connectivity index (χ0v) is 9.55. The van der Waals surface area contributed by atoms with Gasteiger partial charge in [0.15, 0.2) is 0 Å². The molecular formula is C8H12F3NO4S. The second kappa shape index (κ2) is 5.21. The fourth-order valence-corrected chi connectivity index (χ4v) is 2.53. The first-order chi connectivity index (χ1) is 7.78. The van der Waals surface area contributed by atoms with Gasteiger partial charge in [-0.05, 0) is 19.3 Å². The summed E-state index contributed by atoms with van der Waals surface area (Å²) in [5, 5.41) is 0. The number of halogens is 3. The lowest BCUT2D eigenvalue weighted by atomic mass is 9.93. The molecule has 0 radical (unpaired) electrons. The highest BCUT2D eigenvalue weighted by Gasteiger charge is 2.48. The molecule has 17 heavy (non-hydrogen) atoms. The Hall–Kier alpha value is -0.830. The molecular weight excluding hydrogens is 263 g/mol. The number of nitrogens with one attached hydrogen (secondary N) is 1. The highest BCUT2D eigenvalue weighted by atomic mass is 32.2. The smallest absolute Gasteiger partial charge is 0.463 e. The molecule has 100 valence electrons. The molecule has 0 spiro atoms. The summed E-state index contributed by atoms with van der Waals surface area (Å²) < 4.78 is 64.3. The fraction of sp³-hybridized carbons (Fsp3) is 0.875. The van der Waals surface area contributed by atoms with E-state index in [1.54, 1.807) is 0 Å². The van der Waals surface area contributed by atoms with Crippen LogP contribution in [0.4, 0.5) is 13.2 Å². The van der Waals surface area contributed by atoms with Gasteiger partial charge in [-0.15, -0.1) is 0 Å². The predicted octanol–water partition coefficient (Wildman–Crippen LogP) is 0.910. The van der Waals surface area contributed by atoms with Crippen molar-refractivity contribution in [2.24, 2.45) is 0 Å². The van der Waals surface area contributed by atoms with Crippen molar-refractivity contribution in [2.45, 2.75) is 43.3 Å². The lowest BCUT2D eigenvalue weighted by molar-refractivity contribution is -0.136. The number of alkyl halides is 3. The summed E-state index contributed by atoms with van der Waals surface area (Å²) >= 11 is 0. The molecule has 0 saturated heterocycles. The third kappa shape index (κ3) is 3.56. The van der Waals surface area contributed by atoms with E-state index in [1.807, 2.05) is 0 Å². The monoisotopic (exact) mass is 275 g/mol. The molecule has 1 aliphatic rings. The van der Waals surface area contributed by atoms with Gasteiger partial charge in [-0.2, -0.15) is 13.2 Å². The molecule has 1 saturated carbocycles. The fourth-order valence-electron chi connectivity index (χ4n) is 1.73. The third-order valence-electron chi connectivity index (χ3n) is 2.54. The molecule has 5 nitrogen and oxygen atoms in total. The molecule has 0 bridgehead atoms. The number of hydrogen-bond donors (Lipinski definition) is 1. The van der Waals surface area contributed by atoms with Crippen molar-refractivity contribution >= 4 is 16.5 Å². The third-order valence-corrected chi connectivity index (χ3v) is 3.77. The first kappa shape index (κ1) is 14.2. The van der Waals surface area contributed by atoms with E-state index >= 15 is 0 Å². The largest absolute Gasteiger partial charge is 0.511 e. The summed E-state index contributed by atoms with van der Waals surface area (Å²) in [6.07, 6.45) is 1.00. The van der Waals surface area contributed by atoms with E-state index in [-0.39, 0.29) is 12.9 Å². The molecule has 0 heterocycles. The van der Waals surface area contributed by atoms with Crippen molar-refractivity contribution < 1.29 is 31.1 Å². The molecule has 1 aliphatic carbocycles. The van der Waals surface area contributed by atoms with E-state index in [4.69, 9.17) is 0 Å². The lowest BCUT2D eigenvalue weighted by Gasteiger charge is -2.30. The van der Waals surface area contributed by atoms with Crippen LogP contribution in [0.2, 0.25) is 0 Å². The Bertz CT molecular complexity index is 367. The Kier molecular flexibility index (Phi) is 4.36. The van der Waals surface area contributed by atoms with E-state index < -0.39 is 27.7 Å². The van der Waals surface area contributed by atoms with Crippen LogP contribution in [-0.4, -0.2) is 32.5 Å². The van der Waals surface area contributed by atoms with Gasteiger partial charge in [0.25, 0.3) is 6.47 Å². The van der Waals surface area contributed by atoms with Crippen LogP contribution >= 0.6 is 0 Å². The molecule has 2 atom stereocenters. The van der Waals surface area contributed by atoms with Gasteiger partial charge in [-0.25, -0.2) is 13.1 Å². The molecule has 9 heteroatoms. The number of hydrogen-bond acceptors (Lipinski definition) is 4. The quantitative estimate of drug-likeness (QED) is 0.774. The average Bonchev–Trinajstić information content (AvgIpc) is 2.19. The van der Waals surface area contributed by atoms with Crippen LogP contribution in [0.3, 0.4) is 0 Å². The van der Waals surface area contributed by atoms with Gasteiger partial charge in [-0.1, -0.05) is 6.42 Å². The van der Waals surface area contributed by atoms with Gasteiger partial charge in [0.05, 0.1) is 6.04 Å². The molecule has 0 aliphatic heterocycles. The highest BCUT2D eigenvalue weighted by Crippen LogP contribution is 2.26. The zero-order valence-electron chi connectivity index (χ0n) is 8.74. The van der Waals surface area contributed by atoms with Gasteiger partial charge in [0.2, 0.25) is 0 Å². The lowest BCUT2D eigenvalue weighted by Crippen LogP contribution is -2.50. The van der Waals surface area contributed by atoms with Crippen molar-refractivity contribution in [3.63, 3.8) is 0 Å². The van der Waals surface area contributed by atoms with Crippen LogP contribution in [-0.2, 0) is 19.6 Å². The summed E-state index contributed by atoms with van der Waals surface area (Å²) in [6.45, 7) is 0.116. The molecule has 0 amide bonds. The van der Waals surface area contributed by atoms with Crippen LogP contribution in [0, 0.1) is 0 Å². The van der Waals surface area contributed by atoms with Crippen molar-refractivity contribution in [3.8, 4) is 0 Å². The number of carbonyl (C=O) groups excluding carboxylic acids is 1. The summed E-state index contributed by atoms with van der Waals surface area (Å²) in [6, 6.07) is -1.01. The first-order valence-electron chi connectivity index (χ1n) is 4.95. The minimum Gasteiger partial charge on any atom is -0.463 e. The van der Waals surface area contributed by atoms with E-state index in [0.29, 0.717) is 19.3 Å². The van der Waals surface area contributed by atoms with Crippen LogP contribution in [0.1, 0.15) is 25.7 Å². The van der Waals surface area contributed by atoms with Gasteiger partial charge < -0.3 is 4.74 Å². The second-order valence-electron chi connectivity index (χ2n) is 3.73. The molecule has 1 rings (SSSR count). The number of sulfonamides is 1. The SMILES string of the molecule is O=COC1CCCCC1NS(=O)(=O)C(F)(F)F. The Morgan fingerprint density at radius 3 is 2.35 bits per heavy atom. The van der Waals surface area contributed by atoms with Crippen LogP contribution in [0.25, 0.3) is 0 Å². The van der Waals surface area contributed by atoms with E-state index in [9.17, 15) is 26.4 Å². The Balaban J connectivity index is 2.74. The minimum absolute atomic E-state index is 0.116. The molecule has 0 aromatic carbocycles. The summed E-state index contributed by atoms with van der Waals surface area (Å²) in [7, 11) is -5.39. The number of carbonyl (C=O) groups is 1. The van der Waals surface area contributed by atoms with Gasteiger partial charge in [0, 0.05) is 0 Å². The van der Waals surface area contributed by atoms with Gasteiger partial charge >= 0.3 is 15.5 Å². The van der Waals surface area contributed by atoms with Crippen molar-refractivity contribution in [3.05, 3.63) is 0 Å². The van der Waals surface area contributed by atoms with Crippen molar-refractivity contribution in [1.29, 1.82) is 0 Å². The van der Waals surface area contributed by atoms with Crippen molar-refractivity contribution in [2.75, 3.05) is 0 Å². The van der Waals surface area contributed by atoms with Gasteiger partial charge in [-0.3, -0.25) is 4.79 Å². The van der Waals surface area contributed by atoms with E-state index in [1.165, 1.54) is 4.72 Å².